The molecule has 1 aromatic rings. The fraction of sp³-hybridized carbons (Fsp3) is 0.714. The van der Waals surface area contributed by atoms with E-state index in [2.05, 4.69) is 20.6 Å². The van der Waals surface area contributed by atoms with Crippen LogP contribution in [0.15, 0.2) is 10.4 Å². The smallest absolute Gasteiger partial charge is 0.385 e. The molecule has 0 aromatic carbocycles. The summed E-state index contributed by atoms with van der Waals surface area (Å²) in [4.78, 5) is 7.66. The molecule has 0 unspecified atom stereocenters. The number of aromatic nitrogens is 1. The Hall–Kier alpha value is -1.35. The first-order chi connectivity index (χ1) is 11.0. The first-order valence-corrected chi connectivity index (χ1v) is 8.30. The van der Waals surface area contributed by atoms with E-state index in [1.54, 1.807) is 14.2 Å². The van der Waals surface area contributed by atoms with Crippen molar-refractivity contribution in [1.29, 1.82) is 0 Å². The van der Waals surface area contributed by atoms with Crippen molar-refractivity contribution >= 4 is 17.3 Å². The van der Waals surface area contributed by atoms with E-state index >= 15 is 0 Å². The lowest BCUT2D eigenvalue weighted by Crippen LogP contribution is -2.38. The Morgan fingerprint density at radius 2 is 2.00 bits per heavy atom. The molecule has 23 heavy (non-hydrogen) atoms. The molecule has 1 rings (SSSR count). The Bertz CT molecular complexity index is 477. The lowest BCUT2D eigenvalue weighted by atomic mass is 10.2. The van der Waals surface area contributed by atoms with Crippen molar-refractivity contribution in [1.82, 2.24) is 15.6 Å². The van der Waals surface area contributed by atoms with Gasteiger partial charge in [-0.1, -0.05) is 0 Å². The van der Waals surface area contributed by atoms with E-state index in [1.165, 1.54) is 0 Å². The van der Waals surface area contributed by atoms with Gasteiger partial charge in [0, 0.05) is 45.7 Å². The number of hydrogen-bond acceptors (Lipinski definition) is 4. The predicted octanol–water partition coefficient (Wildman–Crippen LogP) is 2.69. The zero-order valence-corrected chi connectivity index (χ0v) is 14.2. The van der Waals surface area contributed by atoms with Gasteiger partial charge in [0.1, 0.15) is 0 Å². The number of nitrogens with one attached hydrogen (secondary N) is 2. The van der Waals surface area contributed by atoms with Crippen molar-refractivity contribution in [2.24, 2.45) is 4.99 Å². The maximum Gasteiger partial charge on any atom is 0.434 e. The van der Waals surface area contributed by atoms with Crippen LogP contribution in [0.1, 0.15) is 30.0 Å². The van der Waals surface area contributed by atoms with Gasteiger partial charge in [-0.3, -0.25) is 4.99 Å². The van der Waals surface area contributed by atoms with E-state index in [-0.39, 0.29) is 0 Å². The molecule has 0 amide bonds. The summed E-state index contributed by atoms with van der Waals surface area (Å²) < 4.78 is 42.3. The molecule has 0 atom stereocenters. The monoisotopic (exact) mass is 352 g/mol. The fourth-order valence-corrected chi connectivity index (χ4v) is 2.62. The Balaban J connectivity index is 2.21. The second kappa shape index (κ2) is 10.4. The number of nitrogens with zero attached hydrogens (tertiary/aromatic N) is 2. The number of methoxy groups -OCH3 is 1. The predicted molar refractivity (Wildman–Crippen MR) is 85.9 cm³/mol. The number of ether oxygens (including phenoxy) is 1. The third kappa shape index (κ3) is 8.17. The Kier molecular flexibility index (Phi) is 8.93. The van der Waals surface area contributed by atoms with Gasteiger partial charge in [0.15, 0.2) is 11.7 Å². The molecule has 0 fully saturated rings. The number of aliphatic imine (C=N–C) groups is 1. The lowest BCUT2D eigenvalue weighted by Gasteiger charge is -2.11. The van der Waals surface area contributed by atoms with Gasteiger partial charge in [-0.15, -0.1) is 11.3 Å². The SMILES string of the molecule is CN=C(NCCCCCOC)NCCc1nc(C(F)(F)F)cs1. The first-order valence-electron chi connectivity index (χ1n) is 7.42. The third-order valence-corrected chi connectivity index (χ3v) is 3.92. The highest BCUT2D eigenvalue weighted by Gasteiger charge is 2.33. The molecule has 0 aliphatic rings. The number of hydrogen-bond donors (Lipinski definition) is 2. The molecule has 5 nitrogen and oxygen atoms in total. The van der Waals surface area contributed by atoms with Crippen LogP contribution in [-0.2, 0) is 17.3 Å². The number of rotatable bonds is 9. The minimum absolute atomic E-state index is 0.426. The van der Waals surface area contributed by atoms with Gasteiger partial charge in [0.05, 0.1) is 5.01 Å². The maximum absolute atomic E-state index is 12.4. The van der Waals surface area contributed by atoms with E-state index < -0.39 is 11.9 Å². The van der Waals surface area contributed by atoms with Crippen molar-refractivity contribution in [2.75, 3.05) is 33.9 Å². The van der Waals surface area contributed by atoms with Crippen LogP contribution in [0.3, 0.4) is 0 Å². The average Bonchev–Trinajstić information content (AvgIpc) is 2.98. The van der Waals surface area contributed by atoms with Crippen LogP contribution in [0, 0.1) is 0 Å². The van der Waals surface area contributed by atoms with Crippen molar-refractivity contribution in [3.63, 3.8) is 0 Å². The molecule has 2 N–H and O–H groups in total. The van der Waals surface area contributed by atoms with Crippen LogP contribution in [0.5, 0.6) is 0 Å². The molecule has 0 radical (unpaired) electrons. The van der Waals surface area contributed by atoms with Gasteiger partial charge in [-0.2, -0.15) is 13.2 Å². The molecule has 132 valence electrons. The molecule has 0 spiro atoms. The van der Waals surface area contributed by atoms with Gasteiger partial charge in [-0.25, -0.2) is 4.98 Å². The summed E-state index contributed by atoms with van der Waals surface area (Å²) in [6, 6.07) is 0. The zero-order valence-electron chi connectivity index (χ0n) is 13.4. The van der Waals surface area contributed by atoms with Crippen LogP contribution in [0.2, 0.25) is 0 Å². The fourth-order valence-electron chi connectivity index (χ4n) is 1.82. The summed E-state index contributed by atoms with van der Waals surface area (Å²) in [7, 11) is 3.34. The number of halogens is 3. The van der Waals surface area contributed by atoms with Gasteiger partial charge >= 0.3 is 6.18 Å². The van der Waals surface area contributed by atoms with Gasteiger partial charge < -0.3 is 15.4 Å². The molecular weight excluding hydrogens is 329 g/mol. The standard InChI is InChI=1S/C14H23F3N4OS/c1-18-13(19-7-4-3-5-9-22-2)20-8-6-12-21-11(10-23-12)14(15,16)17/h10H,3-9H2,1-2H3,(H2,18,19,20). The van der Waals surface area contributed by atoms with Crippen molar-refractivity contribution in [3.8, 4) is 0 Å². The molecule has 0 saturated carbocycles. The normalized spacial score (nSPS) is 12.5. The Morgan fingerprint density at radius 1 is 1.26 bits per heavy atom. The average molecular weight is 352 g/mol. The molecule has 1 aromatic heterocycles. The van der Waals surface area contributed by atoms with Gasteiger partial charge in [-0.05, 0) is 19.3 Å². The number of guanidine groups is 1. The Morgan fingerprint density at radius 3 is 2.61 bits per heavy atom. The summed E-state index contributed by atoms with van der Waals surface area (Å²) in [6.07, 6.45) is -0.851. The van der Waals surface area contributed by atoms with Crippen LogP contribution in [0.4, 0.5) is 13.2 Å². The molecule has 0 saturated heterocycles. The highest BCUT2D eigenvalue weighted by atomic mass is 32.1. The first kappa shape index (κ1) is 19.7. The number of alkyl halides is 3. The molecule has 1 heterocycles. The highest BCUT2D eigenvalue weighted by molar-refractivity contribution is 7.09. The van der Waals surface area contributed by atoms with Crippen molar-refractivity contribution in [2.45, 2.75) is 31.9 Å². The quantitative estimate of drug-likeness (QED) is 0.408. The van der Waals surface area contributed by atoms with E-state index in [9.17, 15) is 13.2 Å². The highest BCUT2D eigenvalue weighted by Crippen LogP contribution is 2.29. The second-order valence-corrected chi connectivity index (χ2v) is 5.80. The largest absolute Gasteiger partial charge is 0.434 e. The zero-order chi connectivity index (χ0) is 17.1. The summed E-state index contributed by atoms with van der Waals surface area (Å²) >= 11 is 1.02. The van der Waals surface area contributed by atoms with Crippen LogP contribution in [-0.4, -0.2) is 44.8 Å². The molecule has 0 aliphatic heterocycles. The van der Waals surface area contributed by atoms with Gasteiger partial charge in [0.25, 0.3) is 0 Å². The lowest BCUT2D eigenvalue weighted by molar-refractivity contribution is -0.140. The maximum atomic E-state index is 12.4. The summed E-state index contributed by atoms with van der Waals surface area (Å²) in [5.74, 6) is 0.643. The van der Waals surface area contributed by atoms with Crippen molar-refractivity contribution in [3.05, 3.63) is 16.1 Å². The molecule has 0 aliphatic carbocycles. The van der Waals surface area contributed by atoms with E-state index in [4.69, 9.17) is 4.74 Å². The van der Waals surface area contributed by atoms with Crippen molar-refractivity contribution < 1.29 is 17.9 Å². The minimum atomic E-state index is -4.37. The number of thiazole rings is 1. The Labute approximate surface area is 138 Å². The minimum Gasteiger partial charge on any atom is -0.385 e. The van der Waals surface area contributed by atoms with Gasteiger partial charge in [0.2, 0.25) is 0 Å². The summed E-state index contributed by atoms with van der Waals surface area (Å²) in [5.41, 5.74) is -0.823. The molecule has 0 bridgehead atoms. The van der Waals surface area contributed by atoms with Crippen LogP contribution in [0.25, 0.3) is 0 Å². The molecule has 9 heteroatoms. The molecular formula is C14H23F3N4OS. The van der Waals surface area contributed by atoms with Crippen LogP contribution < -0.4 is 10.6 Å². The summed E-state index contributed by atoms with van der Waals surface area (Å²) in [6.45, 7) is 2.04. The van der Waals surface area contributed by atoms with Crippen LogP contribution >= 0.6 is 11.3 Å². The van der Waals surface area contributed by atoms with E-state index in [0.717, 1.165) is 49.1 Å². The van der Waals surface area contributed by atoms with E-state index in [1.807, 2.05) is 0 Å². The van der Waals surface area contributed by atoms with E-state index in [0.29, 0.717) is 23.9 Å². The summed E-state index contributed by atoms with van der Waals surface area (Å²) in [5, 5.41) is 7.73. The topological polar surface area (TPSA) is 58.5 Å². The third-order valence-electron chi connectivity index (χ3n) is 3.01. The number of unbranched alkanes of at least 4 members (excludes halogenated alkanes) is 2. The second-order valence-electron chi connectivity index (χ2n) is 4.85.